The van der Waals surface area contributed by atoms with Gasteiger partial charge in [-0.05, 0) is 12.1 Å². The quantitative estimate of drug-likeness (QED) is 0.539. The van der Waals surface area contributed by atoms with Crippen LogP contribution in [0.3, 0.4) is 0 Å². The molecule has 0 fully saturated rings. The molecule has 74 valence electrons. The minimum absolute atomic E-state index is 0.0561. The molecule has 1 aromatic heterocycles. The molecular formula is C8H10N4O2. The third-order valence-electron chi connectivity index (χ3n) is 1.54. The molecule has 0 spiro atoms. The van der Waals surface area contributed by atoms with Crippen LogP contribution >= 0.6 is 0 Å². The lowest BCUT2D eigenvalue weighted by Crippen LogP contribution is -2.13. The normalized spacial score (nSPS) is 11.0. The summed E-state index contributed by atoms with van der Waals surface area (Å²) < 4.78 is 0. The molecule has 0 radical (unpaired) electrons. The van der Waals surface area contributed by atoms with Gasteiger partial charge >= 0.3 is 0 Å². The minimum Gasteiger partial charge on any atom is -0.399 e. The molecule has 0 aliphatic carbocycles. The Hall–Kier alpha value is -2.11. The summed E-state index contributed by atoms with van der Waals surface area (Å²) in [6, 6.07) is 5.26. The van der Waals surface area contributed by atoms with E-state index in [0.29, 0.717) is 5.82 Å². The SMILES string of the molecule is N/C=C(/CNc1ccccn1)[N+](=O)[O-]. The monoisotopic (exact) mass is 194 g/mol. The molecule has 6 heteroatoms. The zero-order valence-electron chi connectivity index (χ0n) is 7.38. The molecule has 0 aliphatic rings. The molecule has 0 saturated carbocycles. The first kappa shape index (κ1) is 9.97. The highest BCUT2D eigenvalue weighted by Crippen LogP contribution is 2.01. The van der Waals surface area contributed by atoms with E-state index in [1.165, 1.54) is 0 Å². The Morgan fingerprint density at radius 1 is 1.71 bits per heavy atom. The summed E-state index contributed by atoms with van der Waals surface area (Å²) >= 11 is 0. The number of nitrogens with two attached hydrogens (primary N) is 1. The van der Waals surface area contributed by atoms with Crippen LogP contribution in [0, 0.1) is 10.1 Å². The fourth-order valence-corrected chi connectivity index (χ4v) is 0.833. The van der Waals surface area contributed by atoms with Gasteiger partial charge in [0.25, 0.3) is 5.70 Å². The van der Waals surface area contributed by atoms with Crippen molar-refractivity contribution in [3.63, 3.8) is 0 Å². The Labute approximate surface area is 80.6 Å². The van der Waals surface area contributed by atoms with Crippen LogP contribution in [0.15, 0.2) is 36.3 Å². The zero-order valence-corrected chi connectivity index (χ0v) is 7.38. The van der Waals surface area contributed by atoms with Crippen LogP contribution in [0.5, 0.6) is 0 Å². The van der Waals surface area contributed by atoms with Crippen molar-refractivity contribution in [2.24, 2.45) is 5.73 Å². The van der Waals surface area contributed by atoms with Gasteiger partial charge in [-0.3, -0.25) is 10.1 Å². The predicted octanol–water partition coefficient (Wildman–Crippen LogP) is 0.570. The molecule has 14 heavy (non-hydrogen) atoms. The summed E-state index contributed by atoms with van der Waals surface area (Å²) in [5, 5.41) is 13.1. The smallest absolute Gasteiger partial charge is 0.280 e. The van der Waals surface area contributed by atoms with E-state index in [-0.39, 0.29) is 12.2 Å². The van der Waals surface area contributed by atoms with Crippen molar-refractivity contribution in [2.75, 3.05) is 11.9 Å². The summed E-state index contributed by atoms with van der Waals surface area (Å²) in [4.78, 5) is 13.8. The number of nitro groups is 1. The molecule has 0 bridgehead atoms. The lowest BCUT2D eigenvalue weighted by atomic mass is 10.4. The molecule has 6 nitrogen and oxygen atoms in total. The average Bonchev–Trinajstić information content (AvgIpc) is 2.20. The van der Waals surface area contributed by atoms with Crippen molar-refractivity contribution in [1.29, 1.82) is 0 Å². The second-order valence-electron chi connectivity index (χ2n) is 2.48. The largest absolute Gasteiger partial charge is 0.399 e. The van der Waals surface area contributed by atoms with Crippen LogP contribution in [0.25, 0.3) is 0 Å². The van der Waals surface area contributed by atoms with Crippen LogP contribution in [-0.4, -0.2) is 16.5 Å². The number of nitrogens with one attached hydrogen (secondary N) is 1. The van der Waals surface area contributed by atoms with Crippen molar-refractivity contribution in [3.05, 3.63) is 46.4 Å². The van der Waals surface area contributed by atoms with Crippen LogP contribution in [0.4, 0.5) is 5.82 Å². The third-order valence-corrected chi connectivity index (χ3v) is 1.54. The van der Waals surface area contributed by atoms with Crippen molar-refractivity contribution in [3.8, 4) is 0 Å². The molecule has 0 saturated heterocycles. The van der Waals surface area contributed by atoms with E-state index in [9.17, 15) is 10.1 Å². The Kier molecular flexibility index (Phi) is 3.42. The number of hydrogen-bond donors (Lipinski definition) is 2. The molecule has 0 atom stereocenters. The van der Waals surface area contributed by atoms with E-state index in [1.807, 2.05) is 0 Å². The first-order valence-corrected chi connectivity index (χ1v) is 3.94. The average molecular weight is 194 g/mol. The Bertz CT molecular complexity index is 336. The first-order valence-electron chi connectivity index (χ1n) is 3.94. The lowest BCUT2D eigenvalue weighted by molar-refractivity contribution is -0.425. The van der Waals surface area contributed by atoms with Gasteiger partial charge in [0.1, 0.15) is 12.4 Å². The maximum atomic E-state index is 10.3. The van der Waals surface area contributed by atoms with Gasteiger partial charge in [0.2, 0.25) is 0 Å². The third kappa shape index (κ3) is 2.74. The number of pyridine rings is 1. The van der Waals surface area contributed by atoms with Gasteiger partial charge in [-0.25, -0.2) is 4.98 Å². The highest BCUT2D eigenvalue weighted by Gasteiger charge is 2.08. The molecule has 0 amide bonds. The number of hydrogen-bond acceptors (Lipinski definition) is 5. The van der Waals surface area contributed by atoms with Crippen LogP contribution < -0.4 is 11.1 Å². The maximum Gasteiger partial charge on any atom is 0.280 e. The van der Waals surface area contributed by atoms with E-state index in [0.717, 1.165) is 6.20 Å². The predicted molar refractivity (Wildman–Crippen MR) is 52.0 cm³/mol. The highest BCUT2D eigenvalue weighted by molar-refractivity contribution is 5.34. The van der Waals surface area contributed by atoms with Gasteiger partial charge in [0.05, 0.1) is 11.1 Å². The number of aromatic nitrogens is 1. The number of nitrogens with zero attached hydrogens (tertiary/aromatic N) is 2. The Morgan fingerprint density at radius 3 is 3.00 bits per heavy atom. The van der Waals surface area contributed by atoms with E-state index in [2.05, 4.69) is 10.3 Å². The van der Waals surface area contributed by atoms with Gasteiger partial charge in [-0.2, -0.15) is 0 Å². The molecule has 1 heterocycles. The second kappa shape index (κ2) is 4.80. The molecule has 3 N–H and O–H groups in total. The molecule has 1 aromatic rings. The van der Waals surface area contributed by atoms with Crippen LogP contribution in [0.2, 0.25) is 0 Å². The molecular weight excluding hydrogens is 184 g/mol. The maximum absolute atomic E-state index is 10.3. The molecule has 0 unspecified atom stereocenters. The second-order valence-corrected chi connectivity index (χ2v) is 2.48. The molecule has 0 aliphatic heterocycles. The van der Waals surface area contributed by atoms with Gasteiger partial charge < -0.3 is 11.1 Å². The summed E-state index contributed by atoms with van der Waals surface area (Å²) in [6.07, 6.45) is 2.57. The Balaban J connectivity index is 2.53. The van der Waals surface area contributed by atoms with Crippen molar-refractivity contribution >= 4 is 5.82 Å². The number of anilines is 1. The zero-order chi connectivity index (χ0) is 10.4. The van der Waals surface area contributed by atoms with E-state index in [4.69, 9.17) is 5.73 Å². The van der Waals surface area contributed by atoms with Crippen LogP contribution in [-0.2, 0) is 0 Å². The van der Waals surface area contributed by atoms with Crippen LogP contribution in [0.1, 0.15) is 0 Å². The first-order chi connectivity index (χ1) is 6.74. The summed E-state index contributed by atoms with van der Waals surface area (Å²) in [6.45, 7) is 0.0561. The lowest BCUT2D eigenvalue weighted by Gasteiger charge is -2.01. The summed E-state index contributed by atoms with van der Waals surface area (Å²) in [7, 11) is 0. The van der Waals surface area contributed by atoms with Crippen molar-refractivity contribution in [2.45, 2.75) is 0 Å². The summed E-state index contributed by atoms with van der Waals surface area (Å²) in [5.74, 6) is 0.578. The van der Waals surface area contributed by atoms with Crippen molar-refractivity contribution in [1.82, 2.24) is 4.98 Å². The van der Waals surface area contributed by atoms with Crippen molar-refractivity contribution < 1.29 is 4.92 Å². The van der Waals surface area contributed by atoms with Gasteiger partial charge in [0, 0.05) is 6.20 Å². The standard InChI is InChI=1S/C8H10N4O2/c9-5-7(12(13)14)6-11-8-3-1-2-4-10-8/h1-5H,6,9H2,(H,10,11)/b7-5-. The topological polar surface area (TPSA) is 94.1 Å². The number of rotatable bonds is 4. The molecule has 0 aromatic carbocycles. The fraction of sp³-hybridized carbons (Fsp3) is 0.125. The highest BCUT2D eigenvalue weighted by atomic mass is 16.6. The van der Waals surface area contributed by atoms with Gasteiger partial charge in [0.15, 0.2) is 0 Å². The molecule has 1 rings (SSSR count). The minimum atomic E-state index is -0.532. The van der Waals surface area contributed by atoms with Gasteiger partial charge in [-0.15, -0.1) is 0 Å². The van der Waals surface area contributed by atoms with Gasteiger partial charge in [-0.1, -0.05) is 6.07 Å². The summed E-state index contributed by atoms with van der Waals surface area (Å²) in [5.41, 5.74) is 4.99. The fourth-order valence-electron chi connectivity index (χ4n) is 0.833. The van der Waals surface area contributed by atoms with E-state index >= 15 is 0 Å². The van der Waals surface area contributed by atoms with E-state index in [1.54, 1.807) is 24.4 Å². The Morgan fingerprint density at radius 2 is 2.50 bits per heavy atom. The van der Waals surface area contributed by atoms with E-state index < -0.39 is 4.92 Å².